The largest absolute Gasteiger partial charge is 0.460 e. The number of hydrogen-bond acceptors (Lipinski definition) is 6. The van der Waals surface area contributed by atoms with Gasteiger partial charge in [0.15, 0.2) is 5.79 Å². The summed E-state index contributed by atoms with van der Waals surface area (Å²) >= 11 is 0. The molecule has 6 heteroatoms. The van der Waals surface area contributed by atoms with E-state index in [0.29, 0.717) is 6.42 Å². The number of esters is 1. The molecule has 2 fully saturated rings. The van der Waals surface area contributed by atoms with Gasteiger partial charge in [-0.15, -0.1) is 0 Å². The quantitative estimate of drug-likeness (QED) is 0.610. The van der Waals surface area contributed by atoms with Crippen LogP contribution in [0.1, 0.15) is 27.2 Å². The van der Waals surface area contributed by atoms with Crippen LogP contribution in [0.5, 0.6) is 0 Å². The number of fused-ring (bicyclic) bond motifs is 1. The lowest BCUT2D eigenvalue weighted by atomic mass is 9.87. The van der Waals surface area contributed by atoms with Crippen LogP contribution in [0.2, 0.25) is 0 Å². The molecule has 98 valence electrons. The van der Waals surface area contributed by atoms with Crippen LogP contribution in [0.3, 0.4) is 0 Å². The summed E-state index contributed by atoms with van der Waals surface area (Å²) in [5, 5.41) is 19.8. The molecule has 2 aliphatic rings. The highest BCUT2D eigenvalue weighted by Gasteiger charge is 2.53. The van der Waals surface area contributed by atoms with Crippen LogP contribution in [0, 0.1) is 0 Å². The maximum Gasteiger partial charge on any atom is 0.302 e. The molecule has 0 spiro atoms. The van der Waals surface area contributed by atoms with Gasteiger partial charge in [-0.25, -0.2) is 0 Å². The van der Waals surface area contributed by atoms with E-state index in [-0.39, 0.29) is 6.10 Å². The van der Waals surface area contributed by atoms with E-state index in [1.165, 1.54) is 6.92 Å². The minimum absolute atomic E-state index is 0.325. The van der Waals surface area contributed by atoms with E-state index in [4.69, 9.17) is 14.2 Å². The molecule has 0 aromatic carbocycles. The lowest BCUT2D eigenvalue weighted by Gasteiger charge is -2.36. The minimum Gasteiger partial charge on any atom is -0.460 e. The average Bonchev–Trinajstić information content (AvgIpc) is 2.48. The second kappa shape index (κ2) is 4.20. The first-order valence-electron chi connectivity index (χ1n) is 5.69. The van der Waals surface area contributed by atoms with Gasteiger partial charge in [-0.05, 0) is 13.8 Å². The normalized spacial score (nSPS) is 44.2. The van der Waals surface area contributed by atoms with Crippen molar-refractivity contribution in [1.29, 1.82) is 0 Å². The summed E-state index contributed by atoms with van der Waals surface area (Å²) in [6.45, 7) is 4.75. The van der Waals surface area contributed by atoms with Crippen LogP contribution >= 0.6 is 0 Å². The van der Waals surface area contributed by atoms with Crippen LogP contribution in [0.25, 0.3) is 0 Å². The highest BCUT2D eigenvalue weighted by Crippen LogP contribution is 2.37. The number of aliphatic hydroxyl groups excluding tert-OH is 2. The van der Waals surface area contributed by atoms with Crippen LogP contribution in [-0.4, -0.2) is 52.5 Å². The Bertz CT molecular complexity index is 315. The second-order valence-corrected chi connectivity index (χ2v) is 5.00. The smallest absolute Gasteiger partial charge is 0.302 e. The first-order valence-corrected chi connectivity index (χ1v) is 5.69. The van der Waals surface area contributed by atoms with Gasteiger partial charge < -0.3 is 24.4 Å². The highest BCUT2D eigenvalue weighted by molar-refractivity contribution is 5.66. The van der Waals surface area contributed by atoms with E-state index >= 15 is 0 Å². The molecule has 5 atom stereocenters. The zero-order valence-electron chi connectivity index (χ0n) is 10.1. The Morgan fingerprint density at radius 1 is 1.29 bits per heavy atom. The molecule has 1 saturated carbocycles. The fourth-order valence-corrected chi connectivity index (χ4v) is 2.45. The topological polar surface area (TPSA) is 85.2 Å². The molecule has 1 saturated heterocycles. The molecule has 0 aromatic heterocycles. The lowest BCUT2D eigenvalue weighted by Crippen LogP contribution is -2.55. The molecular weight excluding hydrogens is 228 g/mol. The van der Waals surface area contributed by atoms with Crippen molar-refractivity contribution in [3.63, 3.8) is 0 Å². The maximum absolute atomic E-state index is 10.9. The highest BCUT2D eigenvalue weighted by atomic mass is 16.8. The summed E-state index contributed by atoms with van der Waals surface area (Å²) in [6.07, 6.45) is -3.62. The third-order valence-corrected chi connectivity index (χ3v) is 3.07. The van der Waals surface area contributed by atoms with Gasteiger partial charge in [-0.3, -0.25) is 4.79 Å². The SMILES string of the molecule is CC(=O)O[C@@H]1C[C@H]2OC(C)(C)O[C@H]2[C@H](O)[C@@H]1O. The number of hydrogen-bond donors (Lipinski definition) is 2. The summed E-state index contributed by atoms with van der Waals surface area (Å²) < 4.78 is 16.1. The van der Waals surface area contributed by atoms with Crippen molar-refractivity contribution in [3.05, 3.63) is 0 Å². The van der Waals surface area contributed by atoms with Gasteiger partial charge in [0.2, 0.25) is 0 Å². The summed E-state index contributed by atoms with van der Waals surface area (Å²) in [5.74, 6) is -1.28. The Morgan fingerprint density at radius 3 is 2.53 bits per heavy atom. The average molecular weight is 246 g/mol. The Balaban J connectivity index is 2.11. The zero-order valence-corrected chi connectivity index (χ0v) is 10.1. The van der Waals surface area contributed by atoms with Gasteiger partial charge in [0.1, 0.15) is 24.4 Å². The predicted molar refractivity (Wildman–Crippen MR) is 56.0 cm³/mol. The van der Waals surface area contributed by atoms with Gasteiger partial charge in [-0.1, -0.05) is 0 Å². The summed E-state index contributed by atoms with van der Waals surface area (Å²) in [5.41, 5.74) is 0. The molecular formula is C11H18O6. The maximum atomic E-state index is 10.9. The summed E-state index contributed by atoms with van der Waals surface area (Å²) in [7, 11) is 0. The van der Waals surface area contributed by atoms with Crippen molar-refractivity contribution >= 4 is 5.97 Å². The second-order valence-electron chi connectivity index (χ2n) is 5.00. The van der Waals surface area contributed by atoms with Gasteiger partial charge in [0, 0.05) is 13.3 Å². The molecule has 0 bridgehead atoms. The Hall–Kier alpha value is -0.690. The third-order valence-electron chi connectivity index (χ3n) is 3.07. The molecule has 6 nitrogen and oxygen atoms in total. The molecule has 17 heavy (non-hydrogen) atoms. The first kappa shape index (κ1) is 12.8. The monoisotopic (exact) mass is 246 g/mol. The van der Waals surface area contributed by atoms with Crippen LogP contribution in [0.4, 0.5) is 0 Å². The number of carbonyl (C=O) groups excluding carboxylic acids is 1. The Labute approximate surface area is 99.5 Å². The standard InChI is InChI=1S/C11H18O6/c1-5(12)15-6-4-7-10(9(14)8(6)13)17-11(2,3)16-7/h6-10,13-14H,4H2,1-3H3/t6-,7-,8-,9-,10-/m1/s1. The number of rotatable bonds is 1. The van der Waals surface area contributed by atoms with E-state index in [1.54, 1.807) is 13.8 Å². The predicted octanol–water partition coefficient (Wildman–Crippen LogP) is -0.436. The molecule has 0 radical (unpaired) electrons. The molecule has 0 unspecified atom stereocenters. The third kappa shape index (κ3) is 2.44. The molecule has 1 heterocycles. The van der Waals surface area contributed by atoms with Crippen molar-refractivity contribution < 1.29 is 29.2 Å². The van der Waals surface area contributed by atoms with Gasteiger partial charge in [-0.2, -0.15) is 0 Å². The molecule has 2 rings (SSSR count). The number of carbonyl (C=O) groups is 1. The van der Waals surface area contributed by atoms with Crippen LogP contribution in [-0.2, 0) is 19.0 Å². The molecule has 1 aliphatic carbocycles. The minimum atomic E-state index is -1.14. The van der Waals surface area contributed by atoms with E-state index in [1.807, 2.05) is 0 Å². The van der Waals surface area contributed by atoms with Crippen molar-refractivity contribution in [1.82, 2.24) is 0 Å². The first-order chi connectivity index (χ1) is 7.80. The number of aliphatic hydroxyl groups is 2. The molecule has 2 N–H and O–H groups in total. The van der Waals surface area contributed by atoms with Crippen molar-refractivity contribution in [2.75, 3.05) is 0 Å². The van der Waals surface area contributed by atoms with Gasteiger partial charge in [0.25, 0.3) is 0 Å². The fraction of sp³-hybridized carbons (Fsp3) is 0.909. The van der Waals surface area contributed by atoms with E-state index in [2.05, 4.69) is 0 Å². The van der Waals surface area contributed by atoms with Crippen molar-refractivity contribution in [2.45, 2.75) is 63.5 Å². The zero-order chi connectivity index (χ0) is 12.8. The van der Waals surface area contributed by atoms with Crippen molar-refractivity contribution in [3.8, 4) is 0 Å². The Kier molecular flexibility index (Phi) is 3.15. The molecule has 1 aliphatic heterocycles. The lowest BCUT2D eigenvalue weighted by molar-refractivity contribution is -0.181. The van der Waals surface area contributed by atoms with E-state index < -0.39 is 36.2 Å². The number of ether oxygens (including phenoxy) is 3. The summed E-state index contributed by atoms with van der Waals surface area (Å²) in [4.78, 5) is 10.9. The van der Waals surface area contributed by atoms with Gasteiger partial charge >= 0.3 is 5.97 Å². The van der Waals surface area contributed by atoms with E-state index in [9.17, 15) is 15.0 Å². The van der Waals surface area contributed by atoms with Gasteiger partial charge in [0.05, 0.1) is 6.10 Å². The Morgan fingerprint density at radius 2 is 1.94 bits per heavy atom. The van der Waals surface area contributed by atoms with E-state index in [0.717, 1.165) is 0 Å². The van der Waals surface area contributed by atoms with Crippen LogP contribution < -0.4 is 0 Å². The summed E-state index contributed by atoms with van der Waals surface area (Å²) in [6, 6.07) is 0. The molecule has 0 aromatic rings. The fourth-order valence-electron chi connectivity index (χ4n) is 2.45. The molecule has 0 amide bonds. The van der Waals surface area contributed by atoms with Crippen LogP contribution in [0.15, 0.2) is 0 Å². The van der Waals surface area contributed by atoms with Crippen molar-refractivity contribution in [2.24, 2.45) is 0 Å².